The summed E-state index contributed by atoms with van der Waals surface area (Å²) in [4.78, 5) is 24.6. The van der Waals surface area contributed by atoms with Crippen LogP contribution in [-0.4, -0.2) is 45.1 Å². The molecule has 1 aromatic rings. The Labute approximate surface area is 172 Å². The lowest BCUT2D eigenvalue weighted by molar-refractivity contribution is -0.129. The van der Waals surface area contributed by atoms with Crippen LogP contribution in [0.5, 0.6) is 5.75 Å². The van der Waals surface area contributed by atoms with Crippen LogP contribution >= 0.6 is 0 Å². The number of carbonyl (C=O) groups excluding carboxylic acids is 2. The molecule has 0 heterocycles. The summed E-state index contributed by atoms with van der Waals surface area (Å²) in [5.41, 5.74) is -0.701. The van der Waals surface area contributed by atoms with Crippen LogP contribution in [0.2, 0.25) is 0 Å². The van der Waals surface area contributed by atoms with Crippen molar-refractivity contribution in [3.63, 3.8) is 0 Å². The normalized spacial score (nSPS) is 16.3. The Morgan fingerprint density at radius 2 is 1.79 bits per heavy atom. The lowest BCUT2D eigenvalue weighted by Gasteiger charge is -2.21. The molecule has 1 atom stereocenters. The molecule has 0 aromatic heterocycles. The summed E-state index contributed by atoms with van der Waals surface area (Å²) in [6, 6.07) is 4.09. The van der Waals surface area contributed by atoms with Crippen molar-refractivity contribution in [2.45, 2.75) is 76.0 Å². The number of esters is 1. The fraction of sp³-hybridized carbons (Fsp3) is 0.600. The molecular weight excluding hydrogens is 396 g/mol. The fourth-order valence-electron chi connectivity index (χ4n) is 3.14. The number of carbonyl (C=O) groups is 2. The Balaban J connectivity index is 2.17. The molecule has 1 saturated carbocycles. The zero-order valence-corrected chi connectivity index (χ0v) is 18.4. The van der Waals surface area contributed by atoms with E-state index >= 15 is 0 Å². The van der Waals surface area contributed by atoms with Crippen molar-refractivity contribution in [3.8, 4) is 5.75 Å². The Kier molecular flexibility index (Phi) is 7.29. The van der Waals surface area contributed by atoms with Crippen LogP contribution in [-0.2, 0) is 19.6 Å². The van der Waals surface area contributed by atoms with Crippen LogP contribution in [0.15, 0.2) is 23.1 Å². The second kappa shape index (κ2) is 9.13. The van der Waals surface area contributed by atoms with E-state index in [0.29, 0.717) is 0 Å². The van der Waals surface area contributed by atoms with Crippen LogP contribution in [0.3, 0.4) is 0 Å². The molecule has 2 rings (SSSR count). The highest BCUT2D eigenvalue weighted by Crippen LogP contribution is 2.26. The molecule has 0 aliphatic heterocycles. The summed E-state index contributed by atoms with van der Waals surface area (Å²) >= 11 is 0. The van der Waals surface area contributed by atoms with Crippen LogP contribution in [0.4, 0.5) is 0 Å². The van der Waals surface area contributed by atoms with Gasteiger partial charge in [0.1, 0.15) is 10.6 Å². The van der Waals surface area contributed by atoms with E-state index in [1.807, 2.05) is 0 Å². The molecule has 0 radical (unpaired) electrons. The number of benzene rings is 1. The summed E-state index contributed by atoms with van der Waals surface area (Å²) in [5, 5.41) is 2.87. The lowest BCUT2D eigenvalue weighted by atomic mass is 10.1. The van der Waals surface area contributed by atoms with Gasteiger partial charge in [0.15, 0.2) is 6.10 Å². The summed E-state index contributed by atoms with van der Waals surface area (Å²) in [7, 11) is -2.59. The number of sulfonamides is 1. The number of ether oxygens (including phenoxy) is 2. The first-order chi connectivity index (χ1) is 13.4. The third kappa shape index (κ3) is 6.43. The van der Waals surface area contributed by atoms with Gasteiger partial charge in [-0.15, -0.1) is 0 Å². The van der Waals surface area contributed by atoms with Gasteiger partial charge in [0.2, 0.25) is 10.0 Å². The number of hydrogen-bond donors (Lipinski definition) is 2. The maximum Gasteiger partial charge on any atom is 0.338 e. The molecule has 2 N–H and O–H groups in total. The highest BCUT2D eigenvalue weighted by Gasteiger charge is 2.28. The van der Waals surface area contributed by atoms with Crippen molar-refractivity contribution >= 4 is 21.9 Å². The molecule has 8 nitrogen and oxygen atoms in total. The van der Waals surface area contributed by atoms with E-state index in [1.54, 1.807) is 20.8 Å². The molecule has 0 saturated heterocycles. The van der Waals surface area contributed by atoms with Crippen LogP contribution in [0.1, 0.15) is 63.7 Å². The van der Waals surface area contributed by atoms with Crippen molar-refractivity contribution in [1.29, 1.82) is 0 Å². The predicted octanol–water partition coefficient (Wildman–Crippen LogP) is 2.38. The van der Waals surface area contributed by atoms with E-state index < -0.39 is 27.6 Å². The Morgan fingerprint density at radius 1 is 1.17 bits per heavy atom. The molecule has 29 heavy (non-hydrogen) atoms. The summed E-state index contributed by atoms with van der Waals surface area (Å²) in [5.74, 6) is -1.04. The van der Waals surface area contributed by atoms with Gasteiger partial charge in [-0.05, 0) is 58.7 Å². The van der Waals surface area contributed by atoms with Gasteiger partial charge >= 0.3 is 5.97 Å². The quantitative estimate of drug-likeness (QED) is 0.648. The minimum Gasteiger partial charge on any atom is -0.495 e. The van der Waals surface area contributed by atoms with E-state index in [0.717, 1.165) is 25.7 Å². The zero-order valence-electron chi connectivity index (χ0n) is 17.6. The first kappa shape index (κ1) is 23.2. The van der Waals surface area contributed by atoms with E-state index in [2.05, 4.69) is 10.0 Å². The number of hydrogen-bond acceptors (Lipinski definition) is 6. The van der Waals surface area contributed by atoms with Crippen LogP contribution < -0.4 is 14.8 Å². The highest BCUT2D eigenvalue weighted by molar-refractivity contribution is 7.89. The third-order valence-corrected chi connectivity index (χ3v) is 6.26. The standard InChI is InChI=1S/C20H30N2O6S/c1-13(18(23)21-15-8-6-7-9-15)28-19(24)14-10-11-16(27-5)17(12-14)29(25,26)22-20(2,3)4/h10-13,15,22H,6-9H2,1-5H3,(H,21,23). The van der Waals surface area contributed by atoms with Crippen LogP contribution in [0, 0.1) is 0 Å². The van der Waals surface area contributed by atoms with Crippen LogP contribution in [0.25, 0.3) is 0 Å². The maximum atomic E-state index is 12.7. The topological polar surface area (TPSA) is 111 Å². The van der Waals surface area contributed by atoms with Gasteiger partial charge in [-0.2, -0.15) is 0 Å². The van der Waals surface area contributed by atoms with Gasteiger partial charge in [0.05, 0.1) is 12.7 Å². The fourth-order valence-corrected chi connectivity index (χ4v) is 4.76. The number of amides is 1. The maximum absolute atomic E-state index is 12.7. The van der Waals surface area contributed by atoms with Crippen molar-refractivity contribution in [3.05, 3.63) is 23.8 Å². The Morgan fingerprint density at radius 3 is 2.34 bits per heavy atom. The summed E-state index contributed by atoms with van der Waals surface area (Å²) in [6.45, 7) is 6.61. The molecule has 0 bridgehead atoms. The molecule has 9 heteroatoms. The van der Waals surface area contributed by atoms with E-state index in [-0.39, 0.29) is 28.2 Å². The monoisotopic (exact) mass is 426 g/mol. The second-order valence-electron chi connectivity index (χ2n) is 8.26. The third-order valence-electron chi connectivity index (χ3n) is 4.48. The molecule has 1 aromatic carbocycles. The van der Waals surface area contributed by atoms with Gasteiger partial charge in [-0.25, -0.2) is 17.9 Å². The molecule has 1 aliphatic carbocycles. The van der Waals surface area contributed by atoms with E-state index in [1.165, 1.54) is 32.2 Å². The zero-order chi connectivity index (χ0) is 21.8. The lowest BCUT2D eigenvalue weighted by Crippen LogP contribution is -2.41. The molecular formula is C20H30N2O6S. The molecule has 1 fully saturated rings. The average Bonchev–Trinajstić information content (AvgIpc) is 3.12. The molecule has 0 spiro atoms. The van der Waals surface area contributed by atoms with Crippen molar-refractivity contribution in [2.24, 2.45) is 0 Å². The Bertz CT molecular complexity index is 854. The van der Waals surface area contributed by atoms with Crippen molar-refractivity contribution < 1.29 is 27.5 Å². The van der Waals surface area contributed by atoms with Crippen molar-refractivity contribution in [1.82, 2.24) is 10.0 Å². The first-order valence-electron chi connectivity index (χ1n) is 9.66. The minimum absolute atomic E-state index is 0.0144. The second-order valence-corrected chi connectivity index (χ2v) is 9.91. The predicted molar refractivity (Wildman–Crippen MR) is 108 cm³/mol. The van der Waals surface area contributed by atoms with Gasteiger partial charge in [0, 0.05) is 11.6 Å². The highest BCUT2D eigenvalue weighted by atomic mass is 32.2. The summed E-state index contributed by atoms with van der Waals surface area (Å²) in [6.07, 6.45) is 3.01. The van der Waals surface area contributed by atoms with E-state index in [9.17, 15) is 18.0 Å². The van der Waals surface area contributed by atoms with Crippen molar-refractivity contribution in [2.75, 3.05) is 7.11 Å². The van der Waals surface area contributed by atoms with E-state index in [4.69, 9.17) is 9.47 Å². The minimum atomic E-state index is -3.94. The molecule has 1 aliphatic rings. The van der Waals surface area contributed by atoms with Gasteiger partial charge in [0.25, 0.3) is 5.91 Å². The van der Waals surface area contributed by atoms with Gasteiger partial charge in [-0.1, -0.05) is 12.8 Å². The Hall–Kier alpha value is -2.13. The smallest absolute Gasteiger partial charge is 0.338 e. The summed E-state index contributed by atoms with van der Waals surface area (Å²) < 4.78 is 38.3. The van der Waals surface area contributed by atoms with Gasteiger partial charge in [-0.3, -0.25) is 4.79 Å². The number of methoxy groups -OCH3 is 1. The van der Waals surface area contributed by atoms with Gasteiger partial charge < -0.3 is 14.8 Å². The number of rotatable bonds is 7. The largest absolute Gasteiger partial charge is 0.495 e. The SMILES string of the molecule is COc1ccc(C(=O)OC(C)C(=O)NC2CCCC2)cc1S(=O)(=O)NC(C)(C)C. The first-order valence-corrected chi connectivity index (χ1v) is 11.1. The molecule has 1 unspecified atom stereocenters. The molecule has 1 amide bonds. The number of nitrogens with one attached hydrogen (secondary N) is 2. The average molecular weight is 427 g/mol. The molecule has 162 valence electrons.